The zero-order valence-corrected chi connectivity index (χ0v) is 14.0. The fourth-order valence-corrected chi connectivity index (χ4v) is 5.35. The van der Waals surface area contributed by atoms with E-state index in [0.717, 1.165) is 25.9 Å². The summed E-state index contributed by atoms with van der Waals surface area (Å²) in [5.41, 5.74) is -0.493. The van der Waals surface area contributed by atoms with E-state index >= 15 is 0 Å². The molecule has 1 aliphatic carbocycles. The maximum Gasteiger partial charge on any atom is 0.302 e. The van der Waals surface area contributed by atoms with Gasteiger partial charge in [0.15, 0.2) is 6.29 Å². The molecule has 2 aliphatic heterocycles. The van der Waals surface area contributed by atoms with Gasteiger partial charge >= 0.3 is 5.97 Å². The zero-order valence-electron chi connectivity index (χ0n) is 14.0. The van der Waals surface area contributed by atoms with E-state index in [1.165, 1.54) is 6.92 Å². The monoisotopic (exact) mass is 312 g/mol. The molecular formula is C17H28O5. The molecule has 6 atom stereocenters. The molecule has 0 radical (unpaired) electrons. The van der Waals surface area contributed by atoms with Crippen molar-refractivity contribution in [3.05, 3.63) is 0 Å². The lowest BCUT2D eigenvalue weighted by atomic mass is 9.52. The Morgan fingerprint density at radius 1 is 1.41 bits per heavy atom. The largest absolute Gasteiger partial charge is 0.462 e. The van der Waals surface area contributed by atoms with Crippen molar-refractivity contribution in [1.82, 2.24) is 0 Å². The van der Waals surface area contributed by atoms with Crippen molar-refractivity contribution in [2.75, 3.05) is 13.2 Å². The average molecular weight is 312 g/mol. The number of hydrogen-bond donors (Lipinski definition) is 1. The third-order valence-corrected chi connectivity index (χ3v) is 6.25. The van der Waals surface area contributed by atoms with Gasteiger partial charge in [0.2, 0.25) is 0 Å². The van der Waals surface area contributed by atoms with Gasteiger partial charge in [-0.05, 0) is 44.9 Å². The summed E-state index contributed by atoms with van der Waals surface area (Å²) in [4.78, 5) is 11.4. The molecule has 3 aliphatic rings. The highest BCUT2D eigenvalue weighted by atomic mass is 16.7. The van der Waals surface area contributed by atoms with Crippen LogP contribution in [0.4, 0.5) is 0 Å². The van der Waals surface area contributed by atoms with E-state index < -0.39 is 0 Å². The highest BCUT2D eigenvalue weighted by Gasteiger charge is 2.68. The van der Waals surface area contributed by atoms with Crippen molar-refractivity contribution in [3.8, 4) is 0 Å². The molecule has 0 unspecified atom stereocenters. The van der Waals surface area contributed by atoms with Gasteiger partial charge in [0.05, 0.1) is 5.60 Å². The predicted octanol–water partition coefficient (Wildman–Crippen LogP) is 2.11. The fraction of sp³-hybridized carbons (Fsp3) is 0.941. The van der Waals surface area contributed by atoms with E-state index in [2.05, 4.69) is 20.8 Å². The van der Waals surface area contributed by atoms with Crippen molar-refractivity contribution in [2.45, 2.75) is 65.0 Å². The summed E-state index contributed by atoms with van der Waals surface area (Å²) in [5.74, 6) is 0.107. The van der Waals surface area contributed by atoms with Gasteiger partial charge in [-0.1, -0.05) is 6.92 Å². The van der Waals surface area contributed by atoms with Gasteiger partial charge in [0.25, 0.3) is 0 Å². The number of aliphatic hydroxyl groups excluding tert-OH is 1. The minimum absolute atomic E-state index is 0.0303. The van der Waals surface area contributed by atoms with Gasteiger partial charge in [-0.15, -0.1) is 0 Å². The molecule has 1 spiro atoms. The van der Waals surface area contributed by atoms with Crippen LogP contribution in [0.1, 0.15) is 47.0 Å². The van der Waals surface area contributed by atoms with Crippen LogP contribution in [0, 0.1) is 23.2 Å². The number of hydrogen-bond acceptors (Lipinski definition) is 5. The maximum atomic E-state index is 11.4. The molecule has 2 heterocycles. The smallest absolute Gasteiger partial charge is 0.302 e. The number of ether oxygens (including phenoxy) is 3. The molecule has 2 saturated heterocycles. The highest BCUT2D eigenvalue weighted by molar-refractivity contribution is 5.66. The topological polar surface area (TPSA) is 65.0 Å². The Morgan fingerprint density at radius 2 is 2.14 bits per heavy atom. The molecule has 0 aromatic carbocycles. The van der Waals surface area contributed by atoms with E-state index in [4.69, 9.17) is 14.2 Å². The summed E-state index contributed by atoms with van der Waals surface area (Å²) in [7, 11) is 0. The van der Waals surface area contributed by atoms with Gasteiger partial charge in [-0.2, -0.15) is 0 Å². The number of carbonyl (C=O) groups excluding carboxylic acids is 1. The molecule has 0 amide bonds. The summed E-state index contributed by atoms with van der Waals surface area (Å²) < 4.78 is 17.8. The molecular weight excluding hydrogens is 284 g/mol. The predicted molar refractivity (Wildman–Crippen MR) is 80.0 cm³/mol. The Labute approximate surface area is 132 Å². The van der Waals surface area contributed by atoms with Crippen molar-refractivity contribution >= 4 is 5.97 Å². The minimum Gasteiger partial charge on any atom is -0.462 e. The first kappa shape index (κ1) is 16.2. The number of esters is 1. The SMILES string of the molecule is CC(=O)O[C@H]1C[C@H]2C(C)(C)O[C@@H]3OCCC[C@@]32[C@@H](CO)[C@H]1C. The molecule has 0 aromatic rings. The maximum absolute atomic E-state index is 11.4. The first-order valence-electron chi connectivity index (χ1n) is 8.40. The second-order valence-electron chi connectivity index (χ2n) is 7.72. The quantitative estimate of drug-likeness (QED) is 0.791. The Bertz CT molecular complexity index is 448. The lowest BCUT2D eigenvalue weighted by molar-refractivity contribution is -0.238. The van der Waals surface area contributed by atoms with Gasteiger partial charge in [0.1, 0.15) is 6.10 Å². The molecule has 3 fully saturated rings. The Balaban J connectivity index is 2.00. The summed E-state index contributed by atoms with van der Waals surface area (Å²) in [6.45, 7) is 8.51. The van der Waals surface area contributed by atoms with Crippen LogP contribution in [0.2, 0.25) is 0 Å². The molecule has 1 saturated carbocycles. The fourth-order valence-electron chi connectivity index (χ4n) is 5.35. The summed E-state index contributed by atoms with van der Waals surface area (Å²) >= 11 is 0. The highest BCUT2D eigenvalue weighted by Crippen LogP contribution is 2.64. The van der Waals surface area contributed by atoms with Crippen LogP contribution in [-0.4, -0.2) is 42.3 Å². The van der Waals surface area contributed by atoms with E-state index in [1.54, 1.807) is 0 Å². The van der Waals surface area contributed by atoms with Crippen LogP contribution in [0.25, 0.3) is 0 Å². The van der Waals surface area contributed by atoms with E-state index in [0.29, 0.717) is 0 Å². The Morgan fingerprint density at radius 3 is 2.77 bits per heavy atom. The lowest BCUT2D eigenvalue weighted by Crippen LogP contribution is -2.58. The molecule has 22 heavy (non-hydrogen) atoms. The molecule has 5 heteroatoms. The third-order valence-electron chi connectivity index (χ3n) is 6.25. The summed E-state index contributed by atoms with van der Waals surface area (Å²) in [6.07, 6.45) is 2.37. The Kier molecular flexibility index (Phi) is 4.03. The van der Waals surface area contributed by atoms with Gasteiger partial charge in [-0.3, -0.25) is 4.79 Å². The first-order valence-corrected chi connectivity index (χ1v) is 8.40. The molecule has 126 valence electrons. The van der Waals surface area contributed by atoms with Gasteiger partial charge in [-0.25, -0.2) is 0 Å². The van der Waals surface area contributed by atoms with Gasteiger partial charge in [0, 0.05) is 31.5 Å². The third kappa shape index (κ3) is 2.21. The van der Waals surface area contributed by atoms with Crippen LogP contribution in [0.3, 0.4) is 0 Å². The summed E-state index contributed by atoms with van der Waals surface area (Å²) in [5, 5.41) is 10.1. The van der Waals surface area contributed by atoms with E-state index in [1.807, 2.05) is 0 Å². The second kappa shape index (κ2) is 5.46. The van der Waals surface area contributed by atoms with Crippen molar-refractivity contribution in [1.29, 1.82) is 0 Å². The molecule has 0 bridgehead atoms. The standard InChI is InChI=1S/C17H28O5/c1-10-12(9-18)17-6-5-7-20-15(17)22-16(3,4)14(17)8-13(10)21-11(2)19/h10,12-15,18H,5-9H2,1-4H3/t10-,12+,13+,14+,15+,17+/m1/s1. The number of rotatable bonds is 2. The summed E-state index contributed by atoms with van der Waals surface area (Å²) in [6, 6.07) is 0. The van der Waals surface area contributed by atoms with Crippen LogP contribution in [-0.2, 0) is 19.0 Å². The molecule has 3 rings (SSSR count). The normalized spacial score (nSPS) is 46.7. The van der Waals surface area contributed by atoms with Crippen LogP contribution < -0.4 is 0 Å². The van der Waals surface area contributed by atoms with E-state index in [9.17, 15) is 9.90 Å². The van der Waals surface area contributed by atoms with E-state index in [-0.39, 0.29) is 53.7 Å². The second-order valence-corrected chi connectivity index (χ2v) is 7.72. The van der Waals surface area contributed by atoms with Crippen molar-refractivity contribution in [3.63, 3.8) is 0 Å². The Hall–Kier alpha value is -0.650. The molecule has 5 nitrogen and oxygen atoms in total. The van der Waals surface area contributed by atoms with Crippen LogP contribution >= 0.6 is 0 Å². The average Bonchev–Trinajstić information content (AvgIpc) is 2.67. The van der Waals surface area contributed by atoms with Crippen molar-refractivity contribution < 1.29 is 24.1 Å². The number of aliphatic hydroxyl groups is 1. The van der Waals surface area contributed by atoms with Crippen LogP contribution in [0.15, 0.2) is 0 Å². The molecule has 1 N–H and O–H groups in total. The van der Waals surface area contributed by atoms with Crippen LogP contribution in [0.5, 0.6) is 0 Å². The minimum atomic E-state index is -0.332. The first-order chi connectivity index (χ1) is 10.3. The zero-order chi connectivity index (χ0) is 16.1. The molecule has 0 aromatic heterocycles. The number of carbonyl (C=O) groups is 1. The van der Waals surface area contributed by atoms with Gasteiger partial charge < -0.3 is 19.3 Å². The van der Waals surface area contributed by atoms with Crippen molar-refractivity contribution in [2.24, 2.45) is 23.2 Å². The lowest BCUT2D eigenvalue weighted by Gasteiger charge is -2.54.